The van der Waals surface area contributed by atoms with Crippen molar-refractivity contribution in [2.75, 3.05) is 18.8 Å². The van der Waals surface area contributed by atoms with E-state index in [-0.39, 0.29) is 0 Å². The summed E-state index contributed by atoms with van der Waals surface area (Å²) < 4.78 is 11.1. The van der Waals surface area contributed by atoms with E-state index in [2.05, 4.69) is 5.32 Å². The quantitative estimate of drug-likeness (QED) is 0.527. The molecule has 0 saturated carbocycles. The fraction of sp³-hybridized carbons (Fsp3) is 1.00. The number of hydrogen-bond donors (Lipinski definition) is 1. The van der Waals surface area contributed by atoms with Crippen LogP contribution in [0.4, 0.5) is 0 Å². The van der Waals surface area contributed by atoms with E-state index >= 15 is 0 Å². The Kier molecular flexibility index (Phi) is 2.66. The average molecular weight is 147 g/mol. The molecule has 0 bridgehead atoms. The second-order valence-electron chi connectivity index (χ2n) is 2.45. The molecule has 1 heterocycles. The van der Waals surface area contributed by atoms with Crippen LogP contribution in [-0.2, 0) is 10.8 Å². The summed E-state index contributed by atoms with van der Waals surface area (Å²) >= 11 is 0. The topological polar surface area (TPSA) is 29.1 Å². The predicted octanol–water partition coefficient (Wildman–Crippen LogP) is 0.117. The predicted molar refractivity (Wildman–Crippen MR) is 40.0 cm³/mol. The first kappa shape index (κ1) is 7.22. The van der Waals surface area contributed by atoms with Crippen molar-refractivity contribution in [2.45, 2.75) is 18.6 Å². The Labute approximate surface area is 58.5 Å². The van der Waals surface area contributed by atoms with Crippen molar-refractivity contribution in [1.82, 2.24) is 5.32 Å². The van der Waals surface area contributed by atoms with Gasteiger partial charge in [0.1, 0.15) is 0 Å². The van der Waals surface area contributed by atoms with E-state index in [1.807, 2.05) is 6.92 Å². The first-order valence-electron chi connectivity index (χ1n) is 3.38. The van der Waals surface area contributed by atoms with Gasteiger partial charge in [0.25, 0.3) is 0 Å². The maximum atomic E-state index is 11.1. The fourth-order valence-electron chi connectivity index (χ4n) is 0.939. The number of nitrogens with one attached hydrogen (secondary N) is 1. The third-order valence-corrected chi connectivity index (χ3v) is 3.33. The van der Waals surface area contributed by atoms with E-state index in [0.717, 1.165) is 25.3 Å². The second-order valence-corrected chi connectivity index (χ2v) is 4.43. The minimum atomic E-state index is -0.565. The Hall–Kier alpha value is 0.110. The van der Waals surface area contributed by atoms with E-state index in [1.165, 1.54) is 0 Å². The van der Waals surface area contributed by atoms with Crippen molar-refractivity contribution in [3.05, 3.63) is 0 Å². The van der Waals surface area contributed by atoms with E-state index in [4.69, 9.17) is 0 Å². The number of rotatable bonds is 0. The zero-order valence-corrected chi connectivity index (χ0v) is 6.54. The Balaban J connectivity index is 2.41. The van der Waals surface area contributed by atoms with E-state index in [0.29, 0.717) is 5.25 Å². The molecule has 0 radical (unpaired) electrons. The molecule has 1 rings (SSSR count). The van der Waals surface area contributed by atoms with Crippen LogP contribution in [0.15, 0.2) is 0 Å². The van der Waals surface area contributed by atoms with E-state index < -0.39 is 10.8 Å². The average Bonchev–Trinajstić information content (AvgIpc) is 1.99. The van der Waals surface area contributed by atoms with Crippen molar-refractivity contribution >= 4 is 10.8 Å². The van der Waals surface area contributed by atoms with Crippen molar-refractivity contribution < 1.29 is 4.21 Å². The van der Waals surface area contributed by atoms with Crippen LogP contribution in [0.3, 0.4) is 0 Å². The van der Waals surface area contributed by atoms with Crippen molar-refractivity contribution in [1.29, 1.82) is 0 Å². The van der Waals surface area contributed by atoms with Gasteiger partial charge in [-0.25, -0.2) is 0 Å². The Morgan fingerprint density at radius 1 is 1.67 bits per heavy atom. The molecule has 0 aromatic carbocycles. The van der Waals surface area contributed by atoms with Crippen molar-refractivity contribution in [3.63, 3.8) is 0 Å². The van der Waals surface area contributed by atoms with Crippen LogP contribution in [-0.4, -0.2) is 28.3 Å². The third kappa shape index (κ3) is 2.06. The summed E-state index contributed by atoms with van der Waals surface area (Å²) in [5.74, 6) is 0.883. The van der Waals surface area contributed by atoms with Gasteiger partial charge >= 0.3 is 0 Å². The second kappa shape index (κ2) is 3.32. The lowest BCUT2D eigenvalue weighted by molar-refractivity contribution is 0.665. The molecule has 9 heavy (non-hydrogen) atoms. The minimum absolute atomic E-state index is 0.354. The molecular weight excluding hydrogens is 134 g/mol. The molecular formula is C6H13NOS. The first-order valence-corrected chi connectivity index (χ1v) is 4.77. The summed E-state index contributed by atoms with van der Waals surface area (Å²) in [6.07, 6.45) is 1.07. The third-order valence-electron chi connectivity index (χ3n) is 1.58. The molecule has 1 aliphatic rings. The molecule has 2 nitrogen and oxygen atoms in total. The maximum absolute atomic E-state index is 11.1. The smallest absolute Gasteiger partial charge is 0.0444 e. The Morgan fingerprint density at radius 3 is 3.22 bits per heavy atom. The highest BCUT2D eigenvalue weighted by molar-refractivity contribution is 7.85. The molecule has 3 heteroatoms. The van der Waals surface area contributed by atoms with Gasteiger partial charge in [-0.15, -0.1) is 0 Å². The molecule has 1 aliphatic heterocycles. The molecule has 0 amide bonds. The number of hydrogen-bond acceptors (Lipinski definition) is 2. The highest BCUT2D eigenvalue weighted by atomic mass is 32.2. The molecule has 1 saturated heterocycles. The Bertz CT molecular complexity index is 116. The molecule has 0 aromatic rings. The van der Waals surface area contributed by atoms with E-state index in [1.54, 1.807) is 0 Å². The summed E-state index contributed by atoms with van der Waals surface area (Å²) in [5, 5.41) is 3.59. The van der Waals surface area contributed by atoms with Gasteiger partial charge in [-0.1, -0.05) is 0 Å². The van der Waals surface area contributed by atoms with Gasteiger partial charge in [-0.3, -0.25) is 4.21 Å². The molecule has 1 fully saturated rings. The summed E-state index contributed by atoms with van der Waals surface area (Å²) in [4.78, 5) is 0. The van der Waals surface area contributed by atoms with Crippen LogP contribution in [0.5, 0.6) is 0 Å². The van der Waals surface area contributed by atoms with Gasteiger partial charge in [-0.2, -0.15) is 0 Å². The molecule has 0 aromatic heterocycles. The van der Waals surface area contributed by atoms with Crippen molar-refractivity contribution in [2.24, 2.45) is 0 Å². The normalized spacial score (nSPS) is 37.9. The van der Waals surface area contributed by atoms with Gasteiger partial charge in [0.15, 0.2) is 0 Å². The van der Waals surface area contributed by atoms with Gasteiger partial charge in [0.05, 0.1) is 0 Å². The fourth-order valence-corrected chi connectivity index (χ4v) is 2.07. The van der Waals surface area contributed by atoms with Gasteiger partial charge in [0, 0.05) is 28.3 Å². The maximum Gasteiger partial charge on any atom is 0.0444 e. The summed E-state index contributed by atoms with van der Waals surface area (Å²) in [6.45, 7) is 4.00. The largest absolute Gasteiger partial charge is 0.316 e. The lowest BCUT2D eigenvalue weighted by atomic mass is 10.4. The SMILES string of the molecule is CC1CNCCCS1=O. The molecule has 2 atom stereocenters. The standard InChI is InChI=1S/C6H13NOS/c1-6-5-7-3-2-4-9(6)8/h6-7H,2-5H2,1H3. The molecule has 1 N–H and O–H groups in total. The summed E-state index contributed by atoms with van der Waals surface area (Å²) in [7, 11) is -0.565. The van der Waals surface area contributed by atoms with Crippen LogP contribution in [0.2, 0.25) is 0 Å². The summed E-state index contributed by atoms with van der Waals surface area (Å²) in [5.41, 5.74) is 0. The first-order chi connectivity index (χ1) is 4.30. The lowest BCUT2D eigenvalue weighted by Crippen LogP contribution is -2.24. The zero-order valence-electron chi connectivity index (χ0n) is 5.72. The van der Waals surface area contributed by atoms with Crippen LogP contribution in [0.25, 0.3) is 0 Å². The van der Waals surface area contributed by atoms with Gasteiger partial charge in [0.2, 0.25) is 0 Å². The van der Waals surface area contributed by atoms with Crippen LogP contribution < -0.4 is 5.32 Å². The van der Waals surface area contributed by atoms with Crippen LogP contribution in [0, 0.1) is 0 Å². The monoisotopic (exact) mass is 147 g/mol. The van der Waals surface area contributed by atoms with Gasteiger partial charge in [-0.05, 0) is 19.9 Å². The summed E-state index contributed by atoms with van der Waals surface area (Å²) in [6, 6.07) is 0. The highest BCUT2D eigenvalue weighted by Crippen LogP contribution is 1.99. The minimum Gasteiger partial charge on any atom is -0.316 e. The molecule has 0 spiro atoms. The lowest BCUT2D eigenvalue weighted by Gasteiger charge is -2.04. The highest BCUT2D eigenvalue weighted by Gasteiger charge is 2.12. The zero-order chi connectivity index (χ0) is 6.69. The van der Waals surface area contributed by atoms with E-state index in [9.17, 15) is 4.21 Å². The molecule has 54 valence electrons. The van der Waals surface area contributed by atoms with Crippen LogP contribution >= 0.6 is 0 Å². The molecule has 2 unspecified atom stereocenters. The van der Waals surface area contributed by atoms with Crippen molar-refractivity contribution in [3.8, 4) is 0 Å². The van der Waals surface area contributed by atoms with Crippen LogP contribution in [0.1, 0.15) is 13.3 Å². The van der Waals surface area contributed by atoms with Gasteiger partial charge < -0.3 is 5.32 Å². The Morgan fingerprint density at radius 2 is 2.44 bits per heavy atom. The molecule has 0 aliphatic carbocycles.